The summed E-state index contributed by atoms with van der Waals surface area (Å²) in [5.74, 6) is -2.89. The van der Waals surface area contributed by atoms with Crippen LogP contribution in [0, 0.1) is 11.6 Å². The molecule has 1 aromatic carbocycles. The van der Waals surface area contributed by atoms with Gasteiger partial charge in [-0.25, -0.2) is 8.78 Å². The first kappa shape index (κ1) is 13.8. The molecule has 0 aliphatic heterocycles. The number of rotatable bonds is 3. The fraction of sp³-hybridized carbons (Fsp3) is 0.500. The largest absolute Gasteiger partial charge is 0.481 e. The Bertz CT molecular complexity index is 508. The van der Waals surface area contributed by atoms with Crippen molar-refractivity contribution in [3.63, 3.8) is 0 Å². The number of carboxylic acids is 1. The van der Waals surface area contributed by atoms with Crippen LogP contribution in [0.25, 0.3) is 0 Å². The number of hydrogen-bond donors (Lipinski definition) is 1. The van der Waals surface area contributed by atoms with Gasteiger partial charge in [0.2, 0.25) is 0 Å². The van der Waals surface area contributed by atoms with Crippen molar-refractivity contribution in [2.75, 3.05) is 19.0 Å². The molecular formula is C14H17F2NO2. The number of aliphatic carboxylic acids is 1. The highest BCUT2D eigenvalue weighted by molar-refractivity contribution is 5.82. The molecule has 1 fully saturated rings. The van der Waals surface area contributed by atoms with E-state index in [1.165, 1.54) is 11.0 Å². The standard InChI is InChI=1S/C14H17F2NO2/c1-17(2)11-8-9(7-10(15)12(11)16)14(13(18)19)5-3-4-6-14/h7-8H,3-6H2,1-2H3,(H,18,19). The Hall–Kier alpha value is -1.65. The van der Waals surface area contributed by atoms with Gasteiger partial charge in [-0.05, 0) is 30.5 Å². The zero-order chi connectivity index (χ0) is 14.2. The Morgan fingerprint density at radius 1 is 1.26 bits per heavy atom. The van der Waals surface area contributed by atoms with Crippen LogP contribution in [-0.4, -0.2) is 25.2 Å². The molecule has 0 heterocycles. The van der Waals surface area contributed by atoms with E-state index in [0.29, 0.717) is 18.4 Å². The van der Waals surface area contributed by atoms with Crippen molar-refractivity contribution in [3.8, 4) is 0 Å². The number of carbonyl (C=O) groups is 1. The molecule has 3 nitrogen and oxygen atoms in total. The fourth-order valence-corrected chi connectivity index (χ4v) is 2.78. The number of benzene rings is 1. The Kier molecular flexibility index (Phi) is 3.47. The number of hydrogen-bond acceptors (Lipinski definition) is 2. The maximum Gasteiger partial charge on any atom is 0.314 e. The van der Waals surface area contributed by atoms with Crippen LogP contribution in [0.1, 0.15) is 31.2 Å². The van der Waals surface area contributed by atoms with Gasteiger partial charge in [-0.15, -0.1) is 0 Å². The van der Waals surface area contributed by atoms with E-state index in [4.69, 9.17) is 0 Å². The minimum atomic E-state index is -1.07. The minimum Gasteiger partial charge on any atom is -0.481 e. The predicted molar refractivity (Wildman–Crippen MR) is 68.5 cm³/mol. The molecule has 1 saturated carbocycles. The maximum atomic E-state index is 13.7. The molecule has 1 N–H and O–H groups in total. The van der Waals surface area contributed by atoms with Crippen LogP contribution >= 0.6 is 0 Å². The van der Waals surface area contributed by atoms with Gasteiger partial charge in [0.25, 0.3) is 0 Å². The molecule has 1 aliphatic carbocycles. The lowest BCUT2D eigenvalue weighted by Gasteiger charge is -2.26. The van der Waals surface area contributed by atoms with Gasteiger partial charge in [0.05, 0.1) is 11.1 Å². The topological polar surface area (TPSA) is 40.5 Å². The third-order valence-corrected chi connectivity index (χ3v) is 3.91. The van der Waals surface area contributed by atoms with Gasteiger partial charge >= 0.3 is 5.97 Å². The van der Waals surface area contributed by atoms with Gasteiger partial charge in [-0.1, -0.05) is 12.8 Å². The van der Waals surface area contributed by atoms with Crippen LogP contribution in [0.3, 0.4) is 0 Å². The second kappa shape index (κ2) is 4.79. The predicted octanol–water partition coefficient (Wildman–Crippen LogP) is 2.93. The third kappa shape index (κ3) is 2.17. The van der Waals surface area contributed by atoms with E-state index < -0.39 is 23.0 Å². The van der Waals surface area contributed by atoms with E-state index in [1.54, 1.807) is 14.1 Å². The molecule has 0 saturated heterocycles. The fourth-order valence-electron chi connectivity index (χ4n) is 2.78. The van der Waals surface area contributed by atoms with Crippen LogP contribution in [0.4, 0.5) is 14.5 Å². The van der Waals surface area contributed by atoms with Crippen LogP contribution in [-0.2, 0) is 10.2 Å². The van der Waals surface area contributed by atoms with E-state index in [9.17, 15) is 18.7 Å². The molecule has 0 atom stereocenters. The Morgan fingerprint density at radius 3 is 2.32 bits per heavy atom. The van der Waals surface area contributed by atoms with Gasteiger partial charge in [0.15, 0.2) is 11.6 Å². The summed E-state index contributed by atoms with van der Waals surface area (Å²) in [4.78, 5) is 13.0. The highest BCUT2D eigenvalue weighted by Gasteiger charge is 2.43. The molecule has 2 rings (SSSR count). The van der Waals surface area contributed by atoms with Crippen molar-refractivity contribution in [1.82, 2.24) is 0 Å². The molecule has 19 heavy (non-hydrogen) atoms. The molecule has 0 amide bonds. The normalized spacial score (nSPS) is 17.5. The first-order valence-electron chi connectivity index (χ1n) is 6.29. The monoisotopic (exact) mass is 269 g/mol. The highest BCUT2D eigenvalue weighted by atomic mass is 19.2. The van der Waals surface area contributed by atoms with Crippen LogP contribution in [0.15, 0.2) is 12.1 Å². The Balaban J connectivity index is 2.59. The molecule has 104 valence electrons. The van der Waals surface area contributed by atoms with Crippen molar-refractivity contribution in [2.24, 2.45) is 0 Å². The van der Waals surface area contributed by atoms with Gasteiger partial charge < -0.3 is 10.0 Å². The summed E-state index contributed by atoms with van der Waals surface area (Å²) in [5, 5.41) is 9.48. The molecule has 0 unspecified atom stereocenters. The minimum absolute atomic E-state index is 0.0857. The lowest BCUT2D eigenvalue weighted by molar-refractivity contribution is -0.143. The van der Waals surface area contributed by atoms with Crippen LogP contribution in [0.2, 0.25) is 0 Å². The van der Waals surface area contributed by atoms with E-state index in [-0.39, 0.29) is 5.69 Å². The zero-order valence-electron chi connectivity index (χ0n) is 11.0. The first-order valence-corrected chi connectivity index (χ1v) is 6.29. The second-order valence-electron chi connectivity index (χ2n) is 5.28. The van der Waals surface area contributed by atoms with E-state index in [1.807, 2.05) is 0 Å². The van der Waals surface area contributed by atoms with E-state index in [0.717, 1.165) is 18.9 Å². The van der Waals surface area contributed by atoms with Gasteiger partial charge in [-0.3, -0.25) is 4.79 Å². The third-order valence-electron chi connectivity index (χ3n) is 3.91. The van der Waals surface area contributed by atoms with Crippen molar-refractivity contribution < 1.29 is 18.7 Å². The second-order valence-corrected chi connectivity index (χ2v) is 5.28. The van der Waals surface area contributed by atoms with Crippen LogP contribution in [0.5, 0.6) is 0 Å². The number of halogens is 2. The zero-order valence-corrected chi connectivity index (χ0v) is 11.0. The molecule has 0 radical (unpaired) electrons. The molecule has 1 aromatic rings. The highest BCUT2D eigenvalue weighted by Crippen LogP contribution is 2.43. The summed E-state index contributed by atoms with van der Waals surface area (Å²) < 4.78 is 27.4. The summed E-state index contributed by atoms with van der Waals surface area (Å²) in [7, 11) is 3.20. The lowest BCUT2D eigenvalue weighted by atomic mass is 9.78. The molecule has 5 heteroatoms. The van der Waals surface area contributed by atoms with Gasteiger partial charge in [0.1, 0.15) is 0 Å². The molecular weight excluding hydrogens is 252 g/mol. The molecule has 0 aromatic heterocycles. The average molecular weight is 269 g/mol. The van der Waals surface area contributed by atoms with Gasteiger partial charge in [-0.2, -0.15) is 0 Å². The van der Waals surface area contributed by atoms with Gasteiger partial charge in [0, 0.05) is 14.1 Å². The lowest BCUT2D eigenvalue weighted by Crippen LogP contribution is -2.33. The quantitative estimate of drug-likeness (QED) is 0.917. The van der Waals surface area contributed by atoms with E-state index in [2.05, 4.69) is 0 Å². The number of carboxylic acid groups (broad SMARTS) is 1. The SMILES string of the molecule is CN(C)c1cc(C2(C(=O)O)CCCC2)cc(F)c1F. The van der Waals surface area contributed by atoms with Crippen molar-refractivity contribution in [1.29, 1.82) is 0 Å². The average Bonchev–Trinajstić information content (AvgIpc) is 2.82. The molecule has 0 bridgehead atoms. The number of anilines is 1. The first-order chi connectivity index (χ1) is 8.88. The summed E-state index contributed by atoms with van der Waals surface area (Å²) in [6.45, 7) is 0. The summed E-state index contributed by atoms with van der Waals surface area (Å²) in [5.41, 5.74) is -0.623. The van der Waals surface area contributed by atoms with Crippen molar-refractivity contribution in [3.05, 3.63) is 29.3 Å². The summed E-state index contributed by atoms with van der Waals surface area (Å²) in [6.07, 6.45) is 2.53. The smallest absolute Gasteiger partial charge is 0.314 e. The molecule has 1 aliphatic rings. The number of nitrogens with zero attached hydrogens (tertiary/aromatic N) is 1. The maximum absolute atomic E-state index is 13.7. The summed E-state index contributed by atoms with van der Waals surface area (Å²) in [6, 6.07) is 2.49. The Labute approximate surface area is 110 Å². The van der Waals surface area contributed by atoms with Crippen molar-refractivity contribution >= 4 is 11.7 Å². The van der Waals surface area contributed by atoms with Crippen LogP contribution < -0.4 is 4.90 Å². The summed E-state index contributed by atoms with van der Waals surface area (Å²) >= 11 is 0. The van der Waals surface area contributed by atoms with Crippen molar-refractivity contribution in [2.45, 2.75) is 31.1 Å². The molecule has 0 spiro atoms. The van der Waals surface area contributed by atoms with E-state index >= 15 is 0 Å². The Morgan fingerprint density at radius 2 is 1.84 bits per heavy atom.